The van der Waals surface area contributed by atoms with Gasteiger partial charge in [0.05, 0.1) is 0 Å². The highest BCUT2D eigenvalue weighted by Crippen LogP contribution is 2.23. The molecule has 0 bridgehead atoms. The van der Waals surface area contributed by atoms with Gasteiger partial charge in [0.1, 0.15) is 12.1 Å². The van der Waals surface area contributed by atoms with Crippen LogP contribution in [0.25, 0.3) is 0 Å². The van der Waals surface area contributed by atoms with Crippen molar-refractivity contribution >= 4 is 11.8 Å². The number of carbonyl (C=O) groups excluding carboxylic acids is 2. The molecule has 0 spiro atoms. The van der Waals surface area contributed by atoms with Crippen molar-refractivity contribution in [1.82, 2.24) is 10.2 Å². The number of nitrogens with zero attached hydrogens (tertiary/aromatic N) is 1. The fourth-order valence-corrected chi connectivity index (χ4v) is 2.52. The Balaban J connectivity index is 2.31. The predicted octanol–water partition coefficient (Wildman–Crippen LogP) is 2.04. The Kier molecular flexibility index (Phi) is 4.23. The first-order chi connectivity index (χ1) is 9.54. The average molecular weight is 272 g/mol. The summed E-state index contributed by atoms with van der Waals surface area (Å²) in [5.74, 6) is -0.159. The highest BCUT2D eigenvalue weighted by molar-refractivity contribution is 5.97. The molecule has 106 valence electrons. The molecule has 1 aromatic rings. The van der Waals surface area contributed by atoms with E-state index in [1.165, 1.54) is 0 Å². The van der Waals surface area contributed by atoms with Gasteiger partial charge in [0.2, 0.25) is 5.91 Å². The molecule has 1 fully saturated rings. The lowest BCUT2D eigenvalue weighted by Crippen LogP contribution is -2.59. The van der Waals surface area contributed by atoms with E-state index < -0.39 is 12.1 Å². The molecule has 4 heteroatoms. The first kappa shape index (κ1) is 14.3. The molecule has 1 aliphatic rings. The van der Waals surface area contributed by atoms with Crippen LogP contribution >= 0.6 is 0 Å². The molecule has 1 saturated heterocycles. The molecular formula is C16H20N2O2. The zero-order valence-corrected chi connectivity index (χ0v) is 11.9. The second kappa shape index (κ2) is 5.90. The maximum absolute atomic E-state index is 12.6. The highest BCUT2D eigenvalue weighted by Gasteiger charge is 2.39. The van der Waals surface area contributed by atoms with Crippen LogP contribution in [0.4, 0.5) is 0 Å². The Bertz CT molecular complexity index is 525. The van der Waals surface area contributed by atoms with E-state index in [4.69, 9.17) is 0 Å². The van der Waals surface area contributed by atoms with Crippen molar-refractivity contribution in [3.05, 3.63) is 48.0 Å². The summed E-state index contributed by atoms with van der Waals surface area (Å²) in [6.45, 7) is 8.05. The SMILES string of the molecule is C=C(C)CN1C(=O)C(c2ccccc2)NC(=O)C1CC. The first-order valence-electron chi connectivity index (χ1n) is 6.84. The predicted molar refractivity (Wildman–Crippen MR) is 77.9 cm³/mol. The number of amides is 2. The quantitative estimate of drug-likeness (QED) is 0.853. The van der Waals surface area contributed by atoms with Gasteiger partial charge in [-0.25, -0.2) is 0 Å². The summed E-state index contributed by atoms with van der Waals surface area (Å²) in [5, 5.41) is 2.83. The average Bonchev–Trinajstić information content (AvgIpc) is 2.43. The van der Waals surface area contributed by atoms with E-state index in [0.717, 1.165) is 11.1 Å². The molecule has 2 amide bonds. The minimum absolute atomic E-state index is 0.0642. The second-order valence-corrected chi connectivity index (χ2v) is 5.20. The van der Waals surface area contributed by atoms with E-state index in [2.05, 4.69) is 11.9 Å². The Labute approximate surface area is 119 Å². The van der Waals surface area contributed by atoms with Crippen LogP contribution in [0.2, 0.25) is 0 Å². The third-order valence-electron chi connectivity index (χ3n) is 3.46. The van der Waals surface area contributed by atoms with Gasteiger partial charge in [-0.05, 0) is 18.9 Å². The molecular weight excluding hydrogens is 252 g/mol. The fraction of sp³-hybridized carbons (Fsp3) is 0.375. The summed E-state index contributed by atoms with van der Waals surface area (Å²) < 4.78 is 0. The zero-order valence-electron chi connectivity index (χ0n) is 11.9. The number of benzene rings is 1. The molecule has 0 radical (unpaired) electrons. The molecule has 0 aromatic heterocycles. The number of hydrogen-bond donors (Lipinski definition) is 1. The first-order valence-corrected chi connectivity index (χ1v) is 6.84. The van der Waals surface area contributed by atoms with E-state index in [9.17, 15) is 9.59 Å². The van der Waals surface area contributed by atoms with Crippen molar-refractivity contribution in [3.8, 4) is 0 Å². The maximum atomic E-state index is 12.6. The molecule has 20 heavy (non-hydrogen) atoms. The second-order valence-electron chi connectivity index (χ2n) is 5.20. The van der Waals surface area contributed by atoms with Crippen LogP contribution in [0.3, 0.4) is 0 Å². The molecule has 1 aromatic carbocycles. The largest absolute Gasteiger partial charge is 0.339 e. The molecule has 4 nitrogen and oxygen atoms in total. The lowest BCUT2D eigenvalue weighted by atomic mass is 9.98. The van der Waals surface area contributed by atoms with E-state index in [0.29, 0.717) is 13.0 Å². The van der Waals surface area contributed by atoms with Gasteiger partial charge in [-0.3, -0.25) is 9.59 Å². The van der Waals surface area contributed by atoms with Crippen LogP contribution in [-0.2, 0) is 9.59 Å². The summed E-state index contributed by atoms with van der Waals surface area (Å²) in [6, 6.07) is 8.33. The monoisotopic (exact) mass is 272 g/mol. The Morgan fingerprint density at radius 2 is 1.95 bits per heavy atom. The molecule has 1 aliphatic heterocycles. The third kappa shape index (κ3) is 2.74. The zero-order chi connectivity index (χ0) is 14.7. The van der Waals surface area contributed by atoms with Gasteiger partial charge >= 0.3 is 0 Å². The number of piperazine rings is 1. The van der Waals surface area contributed by atoms with Crippen molar-refractivity contribution in [3.63, 3.8) is 0 Å². The van der Waals surface area contributed by atoms with Crippen molar-refractivity contribution < 1.29 is 9.59 Å². The summed E-state index contributed by atoms with van der Waals surface area (Å²) in [5.41, 5.74) is 1.69. The van der Waals surface area contributed by atoms with E-state index >= 15 is 0 Å². The van der Waals surface area contributed by atoms with Gasteiger partial charge in [-0.1, -0.05) is 49.4 Å². The molecule has 2 rings (SSSR count). The van der Waals surface area contributed by atoms with Crippen LogP contribution in [-0.4, -0.2) is 29.3 Å². The fourth-order valence-electron chi connectivity index (χ4n) is 2.52. The van der Waals surface area contributed by atoms with E-state index in [1.807, 2.05) is 44.2 Å². The van der Waals surface area contributed by atoms with Crippen LogP contribution in [0.5, 0.6) is 0 Å². The molecule has 0 saturated carbocycles. The minimum Gasteiger partial charge on any atom is -0.339 e. The Morgan fingerprint density at radius 1 is 1.30 bits per heavy atom. The third-order valence-corrected chi connectivity index (χ3v) is 3.46. The number of rotatable bonds is 4. The van der Waals surface area contributed by atoms with Crippen LogP contribution < -0.4 is 5.32 Å². The summed E-state index contributed by atoms with van der Waals surface area (Å²) in [7, 11) is 0. The molecule has 2 atom stereocenters. The molecule has 0 aliphatic carbocycles. The highest BCUT2D eigenvalue weighted by atomic mass is 16.2. The van der Waals surface area contributed by atoms with Crippen LogP contribution in [0.1, 0.15) is 31.9 Å². The van der Waals surface area contributed by atoms with Gasteiger partial charge in [-0.2, -0.15) is 0 Å². The molecule has 1 heterocycles. The lowest BCUT2D eigenvalue weighted by molar-refractivity contribution is -0.149. The lowest BCUT2D eigenvalue weighted by Gasteiger charge is -2.39. The molecule has 1 N–H and O–H groups in total. The van der Waals surface area contributed by atoms with Crippen LogP contribution in [0, 0.1) is 0 Å². The number of hydrogen-bond acceptors (Lipinski definition) is 2. The van der Waals surface area contributed by atoms with Crippen molar-refractivity contribution in [1.29, 1.82) is 0 Å². The van der Waals surface area contributed by atoms with Crippen molar-refractivity contribution in [2.75, 3.05) is 6.54 Å². The van der Waals surface area contributed by atoms with Gasteiger partial charge in [0.25, 0.3) is 5.91 Å². The van der Waals surface area contributed by atoms with Gasteiger partial charge in [0, 0.05) is 6.54 Å². The van der Waals surface area contributed by atoms with Gasteiger partial charge in [-0.15, -0.1) is 0 Å². The summed E-state index contributed by atoms with van der Waals surface area (Å²) in [6.07, 6.45) is 0.604. The Morgan fingerprint density at radius 3 is 2.50 bits per heavy atom. The number of nitrogens with one attached hydrogen (secondary N) is 1. The van der Waals surface area contributed by atoms with E-state index in [1.54, 1.807) is 4.90 Å². The smallest absolute Gasteiger partial charge is 0.250 e. The number of carbonyl (C=O) groups is 2. The standard InChI is InChI=1S/C16H20N2O2/c1-4-13-15(19)17-14(12-8-6-5-7-9-12)16(20)18(13)10-11(2)3/h5-9,13-14H,2,4,10H2,1,3H3,(H,17,19). The summed E-state index contributed by atoms with van der Waals surface area (Å²) >= 11 is 0. The van der Waals surface area contributed by atoms with Crippen LogP contribution in [0.15, 0.2) is 42.5 Å². The normalized spacial score (nSPS) is 22.6. The van der Waals surface area contributed by atoms with Crippen molar-refractivity contribution in [2.45, 2.75) is 32.4 Å². The molecule has 2 unspecified atom stereocenters. The topological polar surface area (TPSA) is 49.4 Å². The maximum Gasteiger partial charge on any atom is 0.250 e. The van der Waals surface area contributed by atoms with E-state index in [-0.39, 0.29) is 11.8 Å². The van der Waals surface area contributed by atoms with Gasteiger partial charge in [0.15, 0.2) is 0 Å². The minimum atomic E-state index is -0.592. The summed E-state index contributed by atoms with van der Waals surface area (Å²) in [4.78, 5) is 26.5. The van der Waals surface area contributed by atoms with Gasteiger partial charge < -0.3 is 10.2 Å². The Hall–Kier alpha value is -2.10. The van der Waals surface area contributed by atoms with Crippen molar-refractivity contribution in [2.24, 2.45) is 0 Å².